The molecular weight excluding hydrogens is 427 g/mol. The van der Waals surface area contributed by atoms with Gasteiger partial charge in [-0.1, -0.05) is 65.2 Å². The van der Waals surface area contributed by atoms with Gasteiger partial charge in [0.25, 0.3) is 0 Å². The monoisotopic (exact) mass is 444 g/mol. The van der Waals surface area contributed by atoms with Crippen LogP contribution in [-0.4, -0.2) is 14.2 Å². The lowest BCUT2D eigenvalue weighted by molar-refractivity contribution is 0.104. The first-order valence-electron chi connectivity index (χ1n) is 8.80. The molecule has 0 fully saturated rings. The summed E-state index contributed by atoms with van der Waals surface area (Å²) >= 11 is 11.8. The molecule has 0 spiro atoms. The molecule has 0 aliphatic heterocycles. The van der Waals surface area contributed by atoms with Gasteiger partial charge in [0.2, 0.25) is 5.78 Å². The van der Waals surface area contributed by atoms with Gasteiger partial charge in [0.1, 0.15) is 4.91 Å². The number of hydrogen-bond acceptors (Lipinski definition) is 3. The van der Waals surface area contributed by atoms with Gasteiger partial charge in [0, 0.05) is 15.6 Å². The minimum Gasteiger partial charge on any atom is -0.288 e. The summed E-state index contributed by atoms with van der Waals surface area (Å²) in [6.45, 7) is 1.92. The zero-order valence-corrected chi connectivity index (χ0v) is 17.9. The lowest BCUT2D eigenvalue weighted by Gasteiger charge is -2.10. The molecule has 0 aromatic heterocycles. The van der Waals surface area contributed by atoms with E-state index < -0.39 is 15.6 Å². The number of hydrogen-bond donors (Lipinski definition) is 0. The Balaban J connectivity index is 2.05. The van der Waals surface area contributed by atoms with Crippen molar-refractivity contribution >= 4 is 44.9 Å². The summed E-state index contributed by atoms with van der Waals surface area (Å²) < 4.78 is 26.4. The van der Waals surface area contributed by atoms with Crippen LogP contribution in [-0.2, 0) is 15.6 Å². The molecule has 29 heavy (non-hydrogen) atoms. The molecule has 0 amide bonds. The minimum atomic E-state index is -3.91. The van der Waals surface area contributed by atoms with Crippen molar-refractivity contribution in [3.63, 3.8) is 0 Å². The molecule has 148 valence electrons. The van der Waals surface area contributed by atoms with Gasteiger partial charge in [-0.25, -0.2) is 8.42 Å². The molecule has 0 bridgehead atoms. The van der Waals surface area contributed by atoms with Crippen LogP contribution >= 0.6 is 23.2 Å². The SMILES string of the molecule is Cc1ccc(CS(=O)(=O)/C(=C\c2ccc(Cl)cc2)C(=O)c2ccc(Cl)cc2)cc1. The summed E-state index contributed by atoms with van der Waals surface area (Å²) in [5.74, 6) is -0.852. The molecule has 0 atom stereocenters. The maximum atomic E-state index is 13.2. The third-order valence-corrected chi connectivity index (χ3v) is 6.50. The van der Waals surface area contributed by atoms with Crippen molar-refractivity contribution in [3.8, 4) is 0 Å². The zero-order chi connectivity index (χ0) is 21.0. The summed E-state index contributed by atoms with van der Waals surface area (Å²) in [6, 6.07) is 19.9. The third kappa shape index (κ3) is 5.57. The number of ketones is 1. The number of carbonyl (C=O) groups is 1. The molecule has 0 N–H and O–H groups in total. The molecule has 0 heterocycles. The number of carbonyl (C=O) groups excluding carboxylic acids is 1. The number of halogens is 2. The molecule has 6 heteroatoms. The topological polar surface area (TPSA) is 51.2 Å². The van der Waals surface area contributed by atoms with E-state index in [1.807, 2.05) is 19.1 Å². The zero-order valence-electron chi connectivity index (χ0n) is 15.6. The fraction of sp³-hybridized carbons (Fsp3) is 0.0870. The van der Waals surface area contributed by atoms with Crippen LogP contribution in [0.25, 0.3) is 6.08 Å². The van der Waals surface area contributed by atoms with E-state index in [0.717, 1.165) is 5.56 Å². The summed E-state index contributed by atoms with van der Waals surface area (Å²) in [5, 5.41) is 0.988. The molecule has 0 saturated carbocycles. The van der Waals surface area contributed by atoms with Gasteiger partial charge in [0.05, 0.1) is 5.75 Å². The highest BCUT2D eigenvalue weighted by atomic mass is 35.5. The molecule has 3 rings (SSSR count). The molecule has 0 radical (unpaired) electrons. The van der Waals surface area contributed by atoms with Crippen molar-refractivity contribution in [3.05, 3.63) is 110 Å². The van der Waals surface area contributed by atoms with Gasteiger partial charge in [-0.2, -0.15) is 0 Å². The van der Waals surface area contributed by atoms with Gasteiger partial charge < -0.3 is 0 Å². The van der Waals surface area contributed by atoms with E-state index in [0.29, 0.717) is 21.2 Å². The van der Waals surface area contributed by atoms with Crippen molar-refractivity contribution in [1.82, 2.24) is 0 Å². The molecule has 0 saturated heterocycles. The smallest absolute Gasteiger partial charge is 0.204 e. The van der Waals surface area contributed by atoms with Gasteiger partial charge in [0.15, 0.2) is 9.84 Å². The Hall–Kier alpha value is -2.40. The van der Waals surface area contributed by atoms with Gasteiger partial charge in [-0.3, -0.25) is 4.79 Å². The maximum absolute atomic E-state index is 13.2. The first-order chi connectivity index (χ1) is 13.7. The Morgan fingerprint density at radius 3 is 1.90 bits per heavy atom. The number of rotatable bonds is 6. The van der Waals surface area contributed by atoms with Crippen LogP contribution in [0.5, 0.6) is 0 Å². The second-order valence-electron chi connectivity index (χ2n) is 6.64. The van der Waals surface area contributed by atoms with Crippen molar-refractivity contribution in [2.45, 2.75) is 12.7 Å². The fourth-order valence-corrected chi connectivity index (χ4v) is 4.49. The predicted molar refractivity (Wildman–Crippen MR) is 119 cm³/mol. The first kappa shape index (κ1) is 21.3. The normalized spacial score (nSPS) is 12.0. The van der Waals surface area contributed by atoms with Crippen molar-refractivity contribution in [1.29, 1.82) is 0 Å². The Labute approximate surface area is 180 Å². The number of allylic oxidation sites excluding steroid dienone is 1. The van der Waals surface area contributed by atoms with Crippen LogP contribution in [0.1, 0.15) is 27.0 Å². The minimum absolute atomic E-state index is 0.252. The van der Waals surface area contributed by atoms with E-state index in [2.05, 4.69) is 0 Å². The fourth-order valence-electron chi connectivity index (χ4n) is 2.73. The van der Waals surface area contributed by atoms with E-state index in [1.54, 1.807) is 48.5 Å². The Morgan fingerprint density at radius 2 is 1.34 bits per heavy atom. The van der Waals surface area contributed by atoms with E-state index in [9.17, 15) is 13.2 Å². The number of sulfone groups is 1. The summed E-state index contributed by atoms with van der Waals surface area (Å²) in [4.78, 5) is 12.8. The highest BCUT2D eigenvalue weighted by Gasteiger charge is 2.26. The highest BCUT2D eigenvalue weighted by Crippen LogP contribution is 2.24. The van der Waals surface area contributed by atoms with Crippen LogP contribution in [0.3, 0.4) is 0 Å². The van der Waals surface area contributed by atoms with Crippen LogP contribution in [0.2, 0.25) is 10.0 Å². The maximum Gasteiger partial charge on any atom is 0.204 e. The number of benzene rings is 3. The second kappa shape index (κ2) is 8.95. The average molecular weight is 445 g/mol. The van der Waals surface area contributed by atoms with Gasteiger partial charge in [-0.05, 0) is 60.5 Å². The largest absolute Gasteiger partial charge is 0.288 e. The second-order valence-corrected chi connectivity index (χ2v) is 9.47. The Kier molecular flexibility index (Phi) is 6.58. The van der Waals surface area contributed by atoms with Crippen LogP contribution < -0.4 is 0 Å². The summed E-state index contributed by atoms with van der Waals surface area (Å²) in [6.07, 6.45) is 1.39. The van der Waals surface area contributed by atoms with Crippen LogP contribution in [0, 0.1) is 6.92 Å². The lowest BCUT2D eigenvalue weighted by atomic mass is 10.1. The summed E-state index contributed by atoms with van der Waals surface area (Å²) in [5.41, 5.74) is 2.46. The Bertz CT molecular complexity index is 1150. The molecule has 0 aliphatic rings. The highest BCUT2D eigenvalue weighted by molar-refractivity contribution is 7.95. The van der Waals surface area contributed by atoms with Crippen LogP contribution in [0.4, 0.5) is 0 Å². The van der Waals surface area contributed by atoms with E-state index in [-0.39, 0.29) is 16.2 Å². The van der Waals surface area contributed by atoms with Crippen LogP contribution in [0.15, 0.2) is 77.7 Å². The Morgan fingerprint density at radius 1 is 0.828 bits per heavy atom. The molecular formula is C23H18Cl2O3S. The molecule has 0 unspecified atom stereocenters. The van der Waals surface area contributed by atoms with Crippen molar-refractivity contribution < 1.29 is 13.2 Å². The van der Waals surface area contributed by atoms with E-state index in [4.69, 9.17) is 23.2 Å². The molecule has 3 nitrogen and oxygen atoms in total. The average Bonchev–Trinajstić information content (AvgIpc) is 2.69. The first-order valence-corrected chi connectivity index (χ1v) is 11.2. The van der Waals surface area contributed by atoms with Gasteiger partial charge >= 0.3 is 0 Å². The number of aryl methyl sites for hydroxylation is 1. The number of Topliss-reactive ketones (excluding diaryl/α,β-unsaturated/α-hetero) is 1. The standard InChI is InChI=1S/C23H18Cl2O3S/c1-16-2-4-18(5-3-16)15-29(27,28)22(14-17-6-10-20(24)11-7-17)23(26)19-8-12-21(25)13-9-19/h2-14H,15H2,1H3/b22-14-. The van der Waals surface area contributed by atoms with Gasteiger partial charge in [-0.15, -0.1) is 0 Å². The molecule has 3 aromatic rings. The molecule has 3 aromatic carbocycles. The predicted octanol–water partition coefficient (Wildman–Crippen LogP) is 6.14. The quantitative estimate of drug-likeness (QED) is 0.338. The van der Waals surface area contributed by atoms with E-state index in [1.165, 1.54) is 18.2 Å². The lowest BCUT2D eigenvalue weighted by Crippen LogP contribution is -2.16. The van der Waals surface area contributed by atoms with Crippen molar-refractivity contribution in [2.75, 3.05) is 0 Å². The van der Waals surface area contributed by atoms with E-state index >= 15 is 0 Å². The third-order valence-electron chi connectivity index (χ3n) is 4.31. The molecule has 0 aliphatic carbocycles. The summed E-state index contributed by atoms with van der Waals surface area (Å²) in [7, 11) is -3.91. The van der Waals surface area contributed by atoms with Crippen molar-refractivity contribution in [2.24, 2.45) is 0 Å².